The number of hydrogen-bond donors (Lipinski definition) is 0. The highest BCUT2D eigenvalue weighted by molar-refractivity contribution is 9.09. The molecule has 1 aromatic heterocycles. The van der Waals surface area contributed by atoms with Crippen molar-refractivity contribution in [3.05, 3.63) is 23.2 Å². The SMILES string of the molecule is Cc1cc(C(C)CBr)c(C)o1. The van der Waals surface area contributed by atoms with Crippen LogP contribution in [-0.4, -0.2) is 5.33 Å². The lowest BCUT2D eigenvalue weighted by Gasteiger charge is -2.03. The van der Waals surface area contributed by atoms with Crippen molar-refractivity contribution in [1.29, 1.82) is 0 Å². The van der Waals surface area contributed by atoms with Gasteiger partial charge in [0.25, 0.3) is 0 Å². The Morgan fingerprint density at radius 2 is 2.18 bits per heavy atom. The minimum Gasteiger partial charge on any atom is -0.466 e. The molecular weight excluding hydrogens is 204 g/mol. The molecule has 0 fully saturated rings. The molecule has 0 radical (unpaired) electrons. The smallest absolute Gasteiger partial charge is 0.104 e. The van der Waals surface area contributed by atoms with Crippen molar-refractivity contribution in [3.8, 4) is 0 Å². The Hall–Kier alpha value is -0.240. The van der Waals surface area contributed by atoms with E-state index in [1.807, 2.05) is 13.8 Å². The van der Waals surface area contributed by atoms with Gasteiger partial charge in [0.05, 0.1) is 0 Å². The van der Waals surface area contributed by atoms with E-state index in [1.165, 1.54) is 5.56 Å². The van der Waals surface area contributed by atoms with Crippen molar-refractivity contribution in [3.63, 3.8) is 0 Å². The first-order valence-electron chi connectivity index (χ1n) is 3.78. The Balaban J connectivity index is 2.93. The predicted octanol–water partition coefficient (Wildman–Crippen LogP) is 3.39. The second kappa shape index (κ2) is 3.44. The van der Waals surface area contributed by atoms with Crippen LogP contribution in [0.4, 0.5) is 0 Å². The number of alkyl halides is 1. The van der Waals surface area contributed by atoms with Gasteiger partial charge in [0.2, 0.25) is 0 Å². The van der Waals surface area contributed by atoms with Crippen LogP contribution in [0, 0.1) is 13.8 Å². The minimum absolute atomic E-state index is 0.549. The molecule has 0 saturated carbocycles. The Bertz CT molecular complexity index is 240. The van der Waals surface area contributed by atoms with Crippen LogP contribution >= 0.6 is 15.9 Å². The van der Waals surface area contributed by atoms with Gasteiger partial charge in [0, 0.05) is 5.33 Å². The maximum atomic E-state index is 5.42. The molecular formula is C9H13BrO. The molecule has 0 amide bonds. The second-order valence-electron chi connectivity index (χ2n) is 2.92. The predicted molar refractivity (Wildman–Crippen MR) is 50.4 cm³/mol. The van der Waals surface area contributed by atoms with E-state index >= 15 is 0 Å². The molecule has 0 N–H and O–H groups in total. The first-order chi connectivity index (χ1) is 5.15. The zero-order valence-corrected chi connectivity index (χ0v) is 8.73. The Morgan fingerprint density at radius 1 is 1.55 bits per heavy atom. The van der Waals surface area contributed by atoms with E-state index in [0.717, 1.165) is 16.9 Å². The van der Waals surface area contributed by atoms with Gasteiger partial charge in [-0.2, -0.15) is 0 Å². The Labute approximate surface area is 75.9 Å². The van der Waals surface area contributed by atoms with Crippen molar-refractivity contribution in [2.24, 2.45) is 0 Å². The molecule has 0 aliphatic carbocycles. The normalized spacial score (nSPS) is 13.5. The van der Waals surface area contributed by atoms with E-state index in [-0.39, 0.29) is 0 Å². The summed E-state index contributed by atoms with van der Waals surface area (Å²) in [5.74, 6) is 2.60. The lowest BCUT2D eigenvalue weighted by molar-refractivity contribution is 0.499. The summed E-state index contributed by atoms with van der Waals surface area (Å²) in [7, 11) is 0. The monoisotopic (exact) mass is 216 g/mol. The van der Waals surface area contributed by atoms with Crippen LogP contribution < -0.4 is 0 Å². The summed E-state index contributed by atoms with van der Waals surface area (Å²) in [5, 5.41) is 0.993. The minimum atomic E-state index is 0.549. The van der Waals surface area contributed by atoms with Gasteiger partial charge in [0.1, 0.15) is 11.5 Å². The van der Waals surface area contributed by atoms with Crippen molar-refractivity contribution in [2.75, 3.05) is 5.33 Å². The number of hydrogen-bond acceptors (Lipinski definition) is 1. The Kier molecular flexibility index (Phi) is 2.77. The maximum Gasteiger partial charge on any atom is 0.104 e. The fourth-order valence-electron chi connectivity index (χ4n) is 1.22. The topological polar surface area (TPSA) is 13.1 Å². The van der Waals surface area contributed by atoms with Crippen molar-refractivity contribution in [1.82, 2.24) is 0 Å². The fourth-order valence-corrected chi connectivity index (χ4v) is 1.57. The number of rotatable bonds is 2. The summed E-state index contributed by atoms with van der Waals surface area (Å²) in [6.07, 6.45) is 0. The summed E-state index contributed by atoms with van der Waals surface area (Å²) in [6, 6.07) is 2.11. The molecule has 1 heterocycles. The van der Waals surface area contributed by atoms with Gasteiger partial charge in [-0.15, -0.1) is 0 Å². The van der Waals surface area contributed by atoms with Gasteiger partial charge < -0.3 is 4.42 Å². The summed E-state index contributed by atoms with van der Waals surface area (Å²) < 4.78 is 5.42. The van der Waals surface area contributed by atoms with Crippen molar-refractivity contribution < 1.29 is 4.42 Å². The summed E-state index contributed by atoms with van der Waals surface area (Å²) in [5.41, 5.74) is 1.32. The molecule has 0 aromatic carbocycles. The zero-order chi connectivity index (χ0) is 8.43. The first kappa shape index (κ1) is 8.85. The average Bonchev–Trinajstić information content (AvgIpc) is 2.28. The molecule has 2 heteroatoms. The van der Waals surface area contributed by atoms with E-state index < -0.39 is 0 Å². The molecule has 0 aliphatic rings. The molecule has 0 bridgehead atoms. The molecule has 1 atom stereocenters. The fraction of sp³-hybridized carbons (Fsp3) is 0.556. The van der Waals surface area contributed by atoms with Crippen LogP contribution in [0.3, 0.4) is 0 Å². The quantitative estimate of drug-likeness (QED) is 0.692. The van der Waals surface area contributed by atoms with Gasteiger partial charge in [-0.25, -0.2) is 0 Å². The highest BCUT2D eigenvalue weighted by atomic mass is 79.9. The number of aryl methyl sites for hydroxylation is 2. The first-order valence-corrected chi connectivity index (χ1v) is 4.90. The molecule has 1 rings (SSSR count). The van der Waals surface area contributed by atoms with Crippen LogP contribution in [0.15, 0.2) is 10.5 Å². The average molecular weight is 217 g/mol. The van der Waals surface area contributed by atoms with Crippen molar-refractivity contribution >= 4 is 15.9 Å². The van der Waals surface area contributed by atoms with Gasteiger partial charge in [-0.05, 0) is 31.4 Å². The molecule has 1 unspecified atom stereocenters. The van der Waals surface area contributed by atoms with E-state index in [1.54, 1.807) is 0 Å². The van der Waals surface area contributed by atoms with Crippen molar-refractivity contribution in [2.45, 2.75) is 26.7 Å². The van der Waals surface area contributed by atoms with E-state index in [0.29, 0.717) is 5.92 Å². The molecule has 62 valence electrons. The molecule has 11 heavy (non-hydrogen) atoms. The van der Waals surface area contributed by atoms with Crippen LogP contribution in [0.1, 0.15) is 29.9 Å². The molecule has 0 spiro atoms. The lowest BCUT2D eigenvalue weighted by atomic mass is 10.0. The number of furan rings is 1. The zero-order valence-electron chi connectivity index (χ0n) is 7.15. The highest BCUT2D eigenvalue weighted by Crippen LogP contribution is 2.24. The van der Waals surface area contributed by atoms with Gasteiger partial charge in [-0.1, -0.05) is 22.9 Å². The largest absolute Gasteiger partial charge is 0.466 e. The third-order valence-corrected chi connectivity index (χ3v) is 2.81. The second-order valence-corrected chi connectivity index (χ2v) is 3.57. The molecule has 1 aromatic rings. The van der Waals surface area contributed by atoms with E-state index in [4.69, 9.17) is 4.42 Å². The van der Waals surface area contributed by atoms with Gasteiger partial charge >= 0.3 is 0 Å². The third-order valence-electron chi connectivity index (χ3n) is 1.84. The van der Waals surface area contributed by atoms with Crippen LogP contribution in [0.2, 0.25) is 0 Å². The molecule has 0 aliphatic heterocycles. The Morgan fingerprint density at radius 3 is 2.55 bits per heavy atom. The highest BCUT2D eigenvalue weighted by Gasteiger charge is 2.10. The van der Waals surface area contributed by atoms with E-state index in [2.05, 4.69) is 28.9 Å². The third kappa shape index (κ3) is 1.86. The lowest BCUT2D eigenvalue weighted by Crippen LogP contribution is -1.93. The molecule has 0 saturated heterocycles. The van der Waals surface area contributed by atoms with Gasteiger partial charge in [0.15, 0.2) is 0 Å². The van der Waals surface area contributed by atoms with E-state index in [9.17, 15) is 0 Å². The van der Waals surface area contributed by atoms with Gasteiger partial charge in [-0.3, -0.25) is 0 Å². The summed E-state index contributed by atoms with van der Waals surface area (Å²) in [6.45, 7) is 6.19. The van der Waals surface area contributed by atoms with Crippen LogP contribution in [-0.2, 0) is 0 Å². The maximum absolute atomic E-state index is 5.42. The van der Waals surface area contributed by atoms with Crippen LogP contribution in [0.5, 0.6) is 0 Å². The van der Waals surface area contributed by atoms with Crippen LogP contribution in [0.25, 0.3) is 0 Å². The molecule has 1 nitrogen and oxygen atoms in total. The number of halogens is 1. The summed E-state index contributed by atoms with van der Waals surface area (Å²) >= 11 is 3.45. The standard InChI is InChI=1S/C9H13BrO/c1-6(5-10)9-4-7(2)11-8(9)3/h4,6H,5H2,1-3H3. The summed E-state index contributed by atoms with van der Waals surface area (Å²) in [4.78, 5) is 0.